The lowest BCUT2D eigenvalue weighted by molar-refractivity contribution is 0.387. The van der Waals surface area contributed by atoms with Gasteiger partial charge in [-0.05, 0) is 41.6 Å². The maximum atomic E-state index is 5.42. The number of anilines is 2. The zero-order chi connectivity index (χ0) is 12.4. The molecule has 1 fully saturated rings. The van der Waals surface area contributed by atoms with Crippen molar-refractivity contribution in [2.75, 3.05) is 16.9 Å². The van der Waals surface area contributed by atoms with Crippen molar-refractivity contribution in [1.29, 1.82) is 0 Å². The Morgan fingerprint density at radius 1 is 1.41 bits per heavy atom. The first kappa shape index (κ1) is 12.6. The molecule has 2 unspecified atom stereocenters. The molecule has 2 atom stereocenters. The molecular formula is C11H18BrN5. The number of halogens is 1. The van der Waals surface area contributed by atoms with E-state index in [9.17, 15) is 0 Å². The molecule has 2 heterocycles. The molecule has 0 saturated carbocycles. The van der Waals surface area contributed by atoms with Crippen molar-refractivity contribution in [3.63, 3.8) is 0 Å². The highest BCUT2D eigenvalue weighted by Gasteiger charge is 2.26. The van der Waals surface area contributed by atoms with E-state index in [2.05, 4.69) is 50.1 Å². The summed E-state index contributed by atoms with van der Waals surface area (Å²) in [5, 5.41) is 0. The molecule has 1 aromatic heterocycles. The molecule has 3 N–H and O–H groups in total. The topological polar surface area (TPSA) is 67.1 Å². The molecule has 94 valence electrons. The number of aromatic nitrogens is 2. The van der Waals surface area contributed by atoms with Gasteiger partial charge in [0.1, 0.15) is 16.6 Å². The maximum absolute atomic E-state index is 5.42. The number of rotatable bonds is 2. The Balaban J connectivity index is 2.32. The van der Waals surface area contributed by atoms with Gasteiger partial charge in [0.15, 0.2) is 5.82 Å². The van der Waals surface area contributed by atoms with Crippen molar-refractivity contribution in [2.45, 2.75) is 32.7 Å². The normalized spacial score (nSPS) is 24.8. The Bertz CT molecular complexity index is 397. The standard InChI is InChI=1S/C11H18BrN5/c1-7-3-4-8(2)17(5-7)11-9(12)10(16-13)14-6-15-11/h6-8H,3-5,13H2,1-2H3,(H,14,15,16). The van der Waals surface area contributed by atoms with E-state index in [0.29, 0.717) is 17.8 Å². The Labute approximate surface area is 110 Å². The van der Waals surface area contributed by atoms with Gasteiger partial charge in [-0.15, -0.1) is 0 Å². The lowest BCUT2D eigenvalue weighted by Gasteiger charge is -2.38. The van der Waals surface area contributed by atoms with Crippen LogP contribution in [-0.4, -0.2) is 22.6 Å². The van der Waals surface area contributed by atoms with Gasteiger partial charge in [0, 0.05) is 12.6 Å². The molecule has 0 bridgehead atoms. The summed E-state index contributed by atoms with van der Waals surface area (Å²) in [5.41, 5.74) is 2.58. The maximum Gasteiger partial charge on any atom is 0.159 e. The number of nitrogen functional groups attached to an aromatic ring is 1. The van der Waals surface area contributed by atoms with Crippen molar-refractivity contribution < 1.29 is 0 Å². The molecule has 1 aliphatic heterocycles. The highest BCUT2D eigenvalue weighted by atomic mass is 79.9. The number of piperidine rings is 1. The molecule has 17 heavy (non-hydrogen) atoms. The Morgan fingerprint density at radius 3 is 2.88 bits per heavy atom. The van der Waals surface area contributed by atoms with Crippen LogP contribution in [0.15, 0.2) is 10.8 Å². The van der Waals surface area contributed by atoms with Crippen LogP contribution in [0.5, 0.6) is 0 Å². The predicted octanol–water partition coefficient (Wildman–Crippen LogP) is 2.15. The second-order valence-electron chi connectivity index (χ2n) is 4.69. The van der Waals surface area contributed by atoms with E-state index in [1.54, 1.807) is 6.33 Å². The summed E-state index contributed by atoms with van der Waals surface area (Å²) in [6.45, 7) is 5.53. The van der Waals surface area contributed by atoms with Gasteiger partial charge in [0.05, 0.1) is 0 Å². The molecular weight excluding hydrogens is 282 g/mol. The van der Waals surface area contributed by atoms with Gasteiger partial charge in [0.2, 0.25) is 0 Å². The van der Waals surface area contributed by atoms with Crippen LogP contribution < -0.4 is 16.2 Å². The summed E-state index contributed by atoms with van der Waals surface area (Å²) in [7, 11) is 0. The SMILES string of the molecule is CC1CCC(C)N(c2ncnc(NN)c2Br)C1. The number of hydrazine groups is 1. The molecule has 0 spiro atoms. The molecule has 6 heteroatoms. The first-order valence-electron chi connectivity index (χ1n) is 5.87. The van der Waals surface area contributed by atoms with Gasteiger partial charge in [-0.25, -0.2) is 15.8 Å². The smallest absolute Gasteiger partial charge is 0.159 e. The van der Waals surface area contributed by atoms with Crippen molar-refractivity contribution in [3.8, 4) is 0 Å². The van der Waals surface area contributed by atoms with Gasteiger partial charge in [0.25, 0.3) is 0 Å². The largest absolute Gasteiger partial charge is 0.353 e. The van der Waals surface area contributed by atoms with Crippen LogP contribution in [0.1, 0.15) is 26.7 Å². The molecule has 2 rings (SSSR count). The second-order valence-corrected chi connectivity index (χ2v) is 5.48. The molecule has 1 aromatic rings. The van der Waals surface area contributed by atoms with Gasteiger partial charge < -0.3 is 10.3 Å². The Kier molecular flexibility index (Phi) is 3.83. The molecule has 0 aliphatic carbocycles. The first-order chi connectivity index (χ1) is 8.13. The summed E-state index contributed by atoms with van der Waals surface area (Å²) in [6, 6.07) is 0.503. The molecule has 5 nitrogen and oxygen atoms in total. The van der Waals surface area contributed by atoms with Crippen LogP contribution in [0.25, 0.3) is 0 Å². The summed E-state index contributed by atoms with van der Waals surface area (Å²) >= 11 is 3.52. The third kappa shape index (κ3) is 2.52. The summed E-state index contributed by atoms with van der Waals surface area (Å²) in [5.74, 6) is 7.67. The van der Waals surface area contributed by atoms with E-state index < -0.39 is 0 Å². The molecule has 1 saturated heterocycles. The number of nitrogens with two attached hydrogens (primary N) is 1. The lowest BCUT2D eigenvalue weighted by atomic mass is 9.95. The van der Waals surface area contributed by atoms with E-state index in [1.807, 2.05) is 0 Å². The lowest BCUT2D eigenvalue weighted by Crippen LogP contribution is -2.41. The average molecular weight is 300 g/mol. The third-order valence-electron chi connectivity index (χ3n) is 3.30. The summed E-state index contributed by atoms with van der Waals surface area (Å²) < 4.78 is 0.837. The highest BCUT2D eigenvalue weighted by molar-refractivity contribution is 9.10. The van der Waals surface area contributed by atoms with Crippen LogP contribution in [0.3, 0.4) is 0 Å². The fourth-order valence-corrected chi connectivity index (χ4v) is 2.79. The number of hydrogen-bond acceptors (Lipinski definition) is 5. The van der Waals surface area contributed by atoms with E-state index in [-0.39, 0.29) is 0 Å². The summed E-state index contributed by atoms with van der Waals surface area (Å²) in [6.07, 6.45) is 4.02. The second kappa shape index (κ2) is 5.18. The zero-order valence-electron chi connectivity index (χ0n) is 10.2. The minimum atomic E-state index is 0.503. The average Bonchev–Trinajstić information content (AvgIpc) is 2.33. The van der Waals surface area contributed by atoms with Crippen molar-refractivity contribution in [1.82, 2.24) is 9.97 Å². The fourth-order valence-electron chi connectivity index (χ4n) is 2.25. The summed E-state index contributed by atoms with van der Waals surface area (Å²) in [4.78, 5) is 10.8. The third-order valence-corrected chi connectivity index (χ3v) is 4.03. The van der Waals surface area contributed by atoms with Crippen LogP contribution in [0.4, 0.5) is 11.6 Å². The van der Waals surface area contributed by atoms with Crippen LogP contribution >= 0.6 is 15.9 Å². The van der Waals surface area contributed by atoms with Gasteiger partial charge in [-0.2, -0.15) is 0 Å². The van der Waals surface area contributed by atoms with Crippen LogP contribution in [0.2, 0.25) is 0 Å². The molecule has 0 amide bonds. The van der Waals surface area contributed by atoms with E-state index >= 15 is 0 Å². The number of nitrogens with zero attached hydrogens (tertiary/aromatic N) is 3. The fraction of sp³-hybridized carbons (Fsp3) is 0.636. The zero-order valence-corrected chi connectivity index (χ0v) is 11.7. The number of nitrogens with one attached hydrogen (secondary N) is 1. The van der Waals surface area contributed by atoms with Gasteiger partial charge in [-0.1, -0.05) is 6.92 Å². The van der Waals surface area contributed by atoms with E-state index in [4.69, 9.17) is 5.84 Å². The van der Waals surface area contributed by atoms with Crippen molar-refractivity contribution >= 4 is 27.6 Å². The van der Waals surface area contributed by atoms with E-state index in [1.165, 1.54) is 12.8 Å². The quantitative estimate of drug-likeness (QED) is 0.647. The van der Waals surface area contributed by atoms with Crippen LogP contribution in [-0.2, 0) is 0 Å². The van der Waals surface area contributed by atoms with E-state index in [0.717, 1.165) is 16.8 Å². The minimum Gasteiger partial charge on any atom is -0.353 e. The number of hydrogen-bond donors (Lipinski definition) is 2. The highest BCUT2D eigenvalue weighted by Crippen LogP contribution is 2.33. The van der Waals surface area contributed by atoms with Crippen molar-refractivity contribution in [3.05, 3.63) is 10.8 Å². The first-order valence-corrected chi connectivity index (χ1v) is 6.66. The Hall–Kier alpha value is -0.880. The van der Waals surface area contributed by atoms with Crippen molar-refractivity contribution in [2.24, 2.45) is 11.8 Å². The molecule has 0 radical (unpaired) electrons. The molecule has 1 aliphatic rings. The van der Waals surface area contributed by atoms with Gasteiger partial charge >= 0.3 is 0 Å². The Morgan fingerprint density at radius 2 is 2.18 bits per heavy atom. The van der Waals surface area contributed by atoms with Gasteiger partial charge in [-0.3, -0.25) is 0 Å². The predicted molar refractivity (Wildman–Crippen MR) is 72.7 cm³/mol. The monoisotopic (exact) mass is 299 g/mol. The molecule has 0 aromatic carbocycles. The minimum absolute atomic E-state index is 0.503. The van der Waals surface area contributed by atoms with Crippen LogP contribution in [0, 0.1) is 5.92 Å².